The van der Waals surface area contributed by atoms with E-state index in [1.54, 1.807) is 41.2 Å². The minimum Gasteiger partial charge on any atom is -0.391 e. The van der Waals surface area contributed by atoms with Gasteiger partial charge in [0.15, 0.2) is 0 Å². The third kappa shape index (κ3) is 10.7. The second-order valence-electron chi connectivity index (χ2n) is 16.0. The summed E-state index contributed by atoms with van der Waals surface area (Å²) in [5.41, 5.74) is 5.02. The topological polar surface area (TPSA) is 203 Å². The van der Waals surface area contributed by atoms with Crippen LogP contribution in [0.15, 0.2) is 83.3 Å². The summed E-state index contributed by atoms with van der Waals surface area (Å²) in [6, 6.07) is 16.8. The highest BCUT2D eigenvalue weighted by molar-refractivity contribution is 7.92. The second-order valence-corrected chi connectivity index (χ2v) is 19.0. The van der Waals surface area contributed by atoms with E-state index in [9.17, 15) is 32.7 Å². The molecule has 14 nitrogen and oxygen atoms in total. The maximum absolute atomic E-state index is 14.0. The van der Waals surface area contributed by atoms with Gasteiger partial charge in [0.25, 0.3) is 15.9 Å². The third-order valence-corrected chi connectivity index (χ3v) is 13.0. The van der Waals surface area contributed by atoms with Crippen LogP contribution in [0.3, 0.4) is 0 Å². The Kier molecular flexibility index (Phi) is 14.0. The molecule has 1 aliphatic heterocycles. The molecule has 3 atom stereocenters. The number of fused-ring (bicyclic) bond motifs is 1. The average molecular weight is 877 g/mol. The number of aryl methyl sites for hydroxylation is 1. The Morgan fingerprint density at radius 2 is 1.77 bits per heavy atom. The Labute approximate surface area is 358 Å². The summed E-state index contributed by atoms with van der Waals surface area (Å²) < 4.78 is 29.0. The van der Waals surface area contributed by atoms with E-state index in [4.69, 9.17) is 11.6 Å². The minimum absolute atomic E-state index is 0.0222. The number of hydrogen-bond acceptors (Lipinski definition) is 9. The van der Waals surface area contributed by atoms with E-state index in [1.807, 2.05) is 52.0 Å². The van der Waals surface area contributed by atoms with Crippen LogP contribution in [0.5, 0.6) is 0 Å². The first kappa shape index (κ1) is 44.3. The number of hydrogen-bond donors (Lipinski definition) is 6. The van der Waals surface area contributed by atoms with Gasteiger partial charge >= 0.3 is 0 Å². The molecule has 4 amide bonds. The van der Waals surface area contributed by atoms with Crippen LogP contribution in [0.25, 0.3) is 21.3 Å². The number of aliphatic hydroxyl groups excluding tert-OH is 1. The number of rotatable bonds is 16. The van der Waals surface area contributed by atoms with Crippen LogP contribution in [0, 0.1) is 12.3 Å². The summed E-state index contributed by atoms with van der Waals surface area (Å²) in [5, 5.41) is 20.3. The van der Waals surface area contributed by atoms with Gasteiger partial charge in [-0.2, -0.15) is 0 Å². The van der Waals surface area contributed by atoms with Crippen LogP contribution >= 0.6 is 22.9 Å². The molecule has 6 rings (SSSR count). The number of carbonyl (C=O) groups is 4. The number of nitrogens with one attached hydrogen (secondary N) is 5. The van der Waals surface area contributed by atoms with E-state index in [2.05, 4.69) is 30.6 Å². The van der Waals surface area contributed by atoms with Gasteiger partial charge in [-0.15, -0.1) is 11.3 Å². The number of aliphatic hydroxyl groups is 1. The molecule has 17 heteroatoms. The fourth-order valence-electron chi connectivity index (χ4n) is 7.12. The van der Waals surface area contributed by atoms with Crippen LogP contribution in [-0.4, -0.2) is 83.3 Å². The van der Waals surface area contributed by atoms with Crippen molar-refractivity contribution in [2.75, 3.05) is 17.8 Å². The largest absolute Gasteiger partial charge is 0.391 e. The van der Waals surface area contributed by atoms with Gasteiger partial charge in [0.2, 0.25) is 17.7 Å². The van der Waals surface area contributed by atoms with Gasteiger partial charge in [0, 0.05) is 49.6 Å². The van der Waals surface area contributed by atoms with E-state index >= 15 is 0 Å². The smallest absolute Gasteiger partial charge is 0.261 e. The molecule has 2 aromatic heterocycles. The van der Waals surface area contributed by atoms with Crippen molar-refractivity contribution in [1.82, 2.24) is 30.8 Å². The molecule has 1 aliphatic rings. The first-order chi connectivity index (χ1) is 28.5. The zero-order chi connectivity index (χ0) is 43.2. The van der Waals surface area contributed by atoms with Crippen LogP contribution in [0.4, 0.5) is 5.69 Å². The lowest BCUT2D eigenvalue weighted by molar-refractivity contribution is -0.144. The zero-order valence-electron chi connectivity index (χ0n) is 33.9. The number of unbranched alkanes of at least 4 members (excludes halogenated alkanes) is 2. The summed E-state index contributed by atoms with van der Waals surface area (Å²) in [5.74, 6) is -1.58. The second kappa shape index (κ2) is 19.0. The molecule has 6 N–H and O–H groups in total. The van der Waals surface area contributed by atoms with Gasteiger partial charge in [0.05, 0.1) is 43.3 Å². The molecule has 3 heterocycles. The lowest BCUT2D eigenvalue weighted by Crippen LogP contribution is -2.57. The normalized spacial score (nSPS) is 16.1. The fourth-order valence-corrected chi connectivity index (χ4v) is 9.26. The predicted molar refractivity (Wildman–Crippen MR) is 233 cm³/mol. The highest BCUT2D eigenvalue weighted by Crippen LogP contribution is 2.31. The number of para-hydroxylation sites is 1. The van der Waals surface area contributed by atoms with Crippen molar-refractivity contribution in [3.05, 3.63) is 100 Å². The summed E-state index contributed by atoms with van der Waals surface area (Å²) in [7, 11) is -4.03. The fraction of sp³-hybridized carbons (Fsp3) is 0.372. The monoisotopic (exact) mass is 875 g/mol. The Bertz CT molecular complexity index is 2460. The third-order valence-electron chi connectivity index (χ3n) is 10.4. The van der Waals surface area contributed by atoms with E-state index in [0.29, 0.717) is 47.4 Å². The van der Waals surface area contributed by atoms with E-state index in [0.717, 1.165) is 21.7 Å². The zero-order valence-corrected chi connectivity index (χ0v) is 36.3. The van der Waals surface area contributed by atoms with Gasteiger partial charge < -0.3 is 30.9 Å². The number of aromatic amines is 1. The number of H-pyrrole nitrogens is 1. The van der Waals surface area contributed by atoms with Crippen LogP contribution in [0.2, 0.25) is 5.02 Å². The minimum atomic E-state index is -4.03. The van der Waals surface area contributed by atoms with Crippen LogP contribution < -0.4 is 20.7 Å². The number of anilines is 1. The molecular formula is C43H50ClN7O7S2. The van der Waals surface area contributed by atoms with E-state index < -0.39 is 45.4 Å². The van der Waals surface area contributed by atoms with Crippen LogP contribution in [-0.2, 0) is 31.0 Å². The molecule has 0 spiro atoms. The molecular weight excluding hydrogens is 826 g/mol. The lowest BCUT2D eigenvalue weighted by Gasteiger charge is -2.35. The van der Waals surface area contributed by atoms with Gasteiger partial charge in [0.1, 0.15) is 12.1 Å². The number of carbonyl (C=O) groups excluding carboxylic acids is 4. The maximum atomic E-state index is 14.0. The molecule has 60 heavy (non-hydrogen) atoms. The Morgan fingerprint density at radius 3 is 2.48 bits per heavy atom. The van der Waals surface area contributed by atoms with Gasteiger partial charge in [-0.1, -0.05) is 81.3 Å². The highest BCUT2D eigenvalue weighted by Gasteiger charge is 2.44. The van der Waals surface area contributed by atoms with E-state index in [-0.39, 0.29) is 48.2 Å². The summed E-state index contributed by atoms with van der Waals surface area (Å²) in [4.78, 5) is 63.1. The molecule has 0 unspecified atom stereocenters. The van der Waals surface area contributed by atoms with Crippen LogP contribution in [0.1, 0.15) is 74.5 Å². The summed E-state index contributed by atoms with van der Waals surface area (Å²) in [6.07, 6.45) is 2.56. The Morgan fingerprint density at radius 1 is 1.02 bits per heavy atom. The lowest BCUT2D eigenvalue weighted by atomic mass is 9.85. The molecule has 0 radical (unpaired) electrons. The van der Waals surface area contributed by atoms with Crippen molar-refractivity contribution < 1.29 is 32.7 Å². The van der Waals surface area contributed by atoms with Crippen molar-refractivity contribution >= 4 is 73.2 Å². The van der Waals surface area contributed by atoms with Crippen molar-refractivity contribution in [3.8, 4) is 10.4 Å². The van der Waals surface area contributed by atoms with Gasteiger partial charge in [-0.05, 0) is 60.6 Å². The first-order valence-electron chi connectivity index (χ1n) is 19.7. The predicted octanol–water partition coefficient (Wildman–Crippen LogP) is 6.15. The number of β-amino-alcohol motifs (C(OH)–C–C–N with tert-alkyl or cyclic N) is 1. The molecule has 1 fully saturated rings. The van der Waals surface area contributed by atoms with Crippen molar-refractivity contribution in [1.29, 1.82) is 0 Å². The van der Waals surface area contributed by atoms with E-state index in [1.165, 1.54) is 29.2 Å². The van der Waals surface area contributed by atoms with Crippen molar-refractivity contribution in [2.24, 2.45) is 5.41 Å². The molecule has 0 saturated carbocycles. The molecule has 0 bridgehead atoms. The summed E-state index contributed by atoms with van der Waals surface area (Å²) in [6.45, 7) is 7.98. The Balaban J connectivity index is 0.950. The Hall–Kier alpha value is -5.29. The number of halogens is 1. The number of amides is 4. The number of aromatic nitrogens is 2. The maximum Gasteiger partial charge on any atom is 0.261 e. The van der Waals surface area contributed by atoms with Gasteiger partial charge in [-0.25, -0.2) is 13.4 Å². The number of nitrogens with zero attached hydrogens (tertiary/aromatic N) is 2. The highest BCUT2D eigenvalue weighted by atomic mass is 35.5. The summed E-state index contributed by atoms with van der Waals surface area (Å²) >= 11 is 7.75. The van der Waals surface area contributed by atoms with Gasteiger partial charge in [-0.3, -0.25) is 23.9 Å². The molecule has 1 saturated heterocycles. The quantitative estimate of drug-likeness (QED) is 0.0634. The van der Waals surface area contributed by atoms with Crippen molar-refractivity contribution in [2.45, 2.75) is 89.4 Å². The standard InChI is InChI=1S/C43H50ClN7O7S2/c1-26-38(59-25-48-26)28-17-15-27(16-18-28)22-47-41(55)35-21-30(52)24-51(35)42(56)39(43(2,3)4)49-36(53)14-6-5-7-19-45-40(54)29-10-8-11-31(20-29)60(57,58)50-34-13-9-12-32-33(44)23-46-37(32)34/h8-13,15-18,20,23,25,30,35,39,46,50,52H,5-7,14,19,21-22,24H2,1-4H3,(H,45,54)(H,47,55)(H,49,53)/t30-,35+,39-/m1/s1. The number of sulfonamides is 1. The number of thiazole rings is 1. The number of benzene rings is 3. The number of likely N-dealkylation sites (tertiary alicyclic amines) is 1. The van der Waals surface area contributed by atoms with Crippen molar-refractivity contribution in [3.63, 3.8) is 0 Å². The molecule has 318 valence electrons. The molecule has 0 aliphatic carbocycles. The average Bonchev–Trinajstić information content (AvgIpc) is 3.94. The first-order valence-corrected chi connectivity index (χ1v) is 22.5. The SMILES string of the molecule is Cc1ncsc1-c1ccc(CNC(=O)[C@@H]2C[C@@H](O)CN2C(=O)[C@@H](NC(=O)CCCCCNC(=O)c2cccc(S(=O)(=O)Nc3cccc4c(Cl)c[nH]c34)c2)C(C)(C)C)cc1. The molecule has 5 aromatic rings. The molecule has 3 aromatic carbocycles.